The van der Waals surface area contributed by atoms with E-state index in [0.717, 1.165) is 6.07 Å². The molecule has 0 aliphatic heterocycles. The first-order chi connectivity index (χ1) is 6.89. The van der Waals surface area contributed by atoms with Crippen LogP contribution in [0.4, 0.5) is 13.2 Å². The Balaban J connectivity index is 2.81. The summed E-state index contributed by atoms with van der Waals surface area (Å²) in [4.78, 5) is 15.5. The molecule has 0 aliphatic rings. The Kier molecular flexibility index (Phi) is 2.14. The van der Waals surface area contributed by atoms with Gasteiger partial charge in [-0.2, -0.15) is 13.2 Å². The number of hydrogen-bond donors (Lipinski definition) is 2. The van der Waals surface area contributed by atoms with E-state index in [0.29, 0.717) is 5.52 Å². The first kappa shape index (κ1) is 10.3. The van der Waals surface area contributed by atoms with Crippen molar-refractivity contribution in [2.24, 2.45) is 0 Å². The summed E-state index contributed by atoms with van der Waals surface area (Å²) in [6.45, 7) is 0. The Bertz CT molecular complexity index is 569. The molecule has 1 heterocycles. The predicted octanol–water partition coefficient (Wildman–Crippen LogP) is 2.64. The monoisotopic (exact) mass is 280 g/mol. The summed E-state index contributed by atoms with van der Waals surface area (Å²) < 4.78 is 37.2. The van der Waals surface area contributed by atoms with E-state index in [-0.39, 0.29) is 9.99 Å². The standard InChI is InChI=1S/C8H4BrF3N2O/c9-5-3(8(10,11)12)1-2-4-6(5)14-7(15)13-4/h1-2H,(H2,13,14,15). The minimum absolute atomic E-state index is 0.120. The van der Waals surface area contributed by atoms with E-state index < -0.39 is 17.4 Å². The number of H-pyrrole nitrogens is 2. The van der Waals surface area contributed by atoms with Crippen molar-refractivity contribution in [3.05, 3.63) is 32.7 Å². The molecule has 1 aromatic heterocycles. The Labute approximate surface area is 89.4 Å². The lowest BCUT2D eigenvalue weighted by atomic mass is 10.2. The van der Waals surface area contributed by atoms with Crippen LogP contribution in [0.2, 0.25) is 0 Å². The van der Waals surface area contributed by atoms with Crippen molar-refractivity contribution >= 4 is 27.0 Å². The van der Waals surface area contributed by atoms with Crippen molar-refractivity contribution in [1.29, 1.82) is 0 Å². The van der Waals surface area contributed by atoms with Crippen molar-refractivity contribution < 1.29 is 13.2 Å². The first-order valence-corrected chi connectivity index (χ1v) is 4.66. The number of alkyl halides is 3. The molecule has 15 heavy (non-hydrogen) atoms. The van der Waals surface area contributed by atoms with Crippen molar-refractivity contribution in [3.8, 4) is 0 Å². The van der Waals surface area contributed by atoms with Gasteiger partial charge >= 0.3 is 11.9 Å². The number of aromatic amines is 2. The molecular weight excluding hydrogens is 277 g/mol. The molecule has 0 saturated heterocycles. The number of benzene rings is 1. The molecule has 80 valence electrons. The second kappa shape index (κ2) is 3.13. The van der Waals surface area contributed by atoms with Crippen LogP contribution in [-0.2, 0) is 6.18 Å². The highest BCUT2D eigenvalue weighted by Crippen LogP contribution is 2.37. The number of nitrogens with one attached hydrogen (secondary N) is 2. The minimum Gasteiger partial charge on any atom is -0.306 e. The number of hydrogen-bond acceptors (Lipinski definition) is 1. The largest absolute Gasteiger partial charge is 0.417 e. The summed E-state index contributed by atoms with van der Waals surface area (Å²) in [6, 6.07) is 2.12. The molecule has 0 atom stereocenters. The van der Waals surface area contributed by atoms with E-state index in [4.69, 9.17) is 0 Å². The molecule has 0 unspecified atom stereocenters. The zero-order valence-corrected chi connectivity index (χ0v) is 8.66. The second-order valence-electron chi connectivity index (χ2n) is 2.93. The molecule has 1 aromatic carbocycles. The molecule has 2 N–H and O–H groups in total. The molecule has 0 fully saturated rings. The molecule has 3 nitrogen and oxygen atoms in total. The summed E-state index contributed by atoms with van der Waals surface area (Å²) in [6.07, 6.45) is -4.44. The van der Waals surface area contributed by atoms with Crippen LogP contribution in [0, 0.1) is 0 Å². The Morgan fingerprint density at radius 3 is 2.47 bits per heavy atom. The minimum atomic E-state index is -4.44. The van der Waals surface area contributed by atoms with Gasteiger partial charge in [-0.1, -0.05) is 0 Å². The summed E-state index contributed by atoms with van der Waals surface area (Å²) in [5.74, 6) is 0. The van der Waals surface area contributed by atoms with Crippen molar-refractivity contribution in [2.75, 3.05) is 0 Å². The third-order valence-electron chi connectivity index (χ3n) is 1.93. The molecular formula is C8H4BrF3N2O. The molecule has 2 rings (SSSR count). The van der Waals surface area contributed by atoms with Crippen LogP contribution in [0.3, 0.4) is 0 Å². The van der Waals surface area contributed by atoms with E-state index in [9.17, 15) is 18.0 Å². The van der Waals surface area contributed by atoms with Gasteiger partial charge in [0.05, 0.1) is 21.1 Å². The van der Waals surface area contributed by atoms with Crippen LogP contribution >= 0.6 is 15.9 Å². The fraction of sp³-hybridized carbons (Fsp3) is 0.125. The lowest BCUT2D eigenvalue weighted by Gasteiger charge is -2.08. The number of aromatic nitrogens is 2. The number of halogens is 4. The molecule has 2 aromatic rings. The van der Waals surface area contributed by atoms with Gasteiger partial charge in [0.1, 0.15) is 0 Å². The topological polar surface area (TPSA) is 48.6 Å². The highest BCUT2D eigenvalue weighted by Gasteiger charge is 2.33. The highest BCUT2D eigenvalue weighted by atomic mass is 79.9. The maximum absolute atomic E-state index is 12.5. The molecule has 0 aliphatic carbocycles. The van der Waals surface area contributed by atoms with Crippen molar-refractivity contribution in [1.82, 2.24) is 9.97 Å². The molecule has 0 spiro atoms. The maximum Gasteiger partial charge on any atom is 0.417 e. The van der Waals surface area contributed by atoms with Crippen LogP contribution in [0.25, 0.3) is 11.0 Å². The van der Waals surface area contributed by atoms with Crippen LogP contribution in [0.5, 0.6) is 0 Å². The van der Waals surface area contributed by atoms with Gasteiger partial charge in [-0.3, -0.25) is 0 Å². The molecule has 0 radical (unpaired) electrons. The van der Waals surface area contributed by atoms with E-state index in [1.54, 1.807) is 0 Å². The normalized spacial score (nSPS) is 12.3. The molecule has 7 heteroatoms. The molecule has 0 bridgehead atoms. The van der Waals surface area contributed by atoms with Gasteiger partial charge in [0.2, 0.25) is 0 Å². The van der Waals surface area contributed by atoms with E-state index in [2.05, 4.69) is 25.9 Å². The zero-order chi connectivity index (χ0) is 11.2. The third kappa shape index (κ3) is 1.67. The van der Waals surface area contributed by atoms with Crippen LogP contribution in [0.15, 0.2) is 21.4 Å². The van der Waals surface area contributed by atoms with Gasteiger partial charge in [-0.15, -0.1) is 0 Å². The van der Waals surface area contributed by atoms with Crippen LogP contribution in [-0.4, -0.2) is 9.97 Å². The highest BCUT2D eigenvalue weighted by molar-refractivity contribution is 9.10. The third-order valence-corrected chi connectivity index (χ3v) is 2.76. The Morgan fingerprint density at radius 1 is 1.20 bits per heavy atom. The predicted molar refractivity (Wildman–Crippen MR) is 51.6 cm³/mol. The Morgan fingerprint density at radius 2 is 1.87 bits per heavy atom. The van der Waals surface area contributed by atoms with Gasteiger partial charge < -0.3 is 9.97 Å². The fourth-order valence-corrected chi connectivity index (χ4v) is 1.96. The van der Waals surface area contributed by atoms with Gasteiger partial charge in [0, 0.05) is 0 Å². The summed E-state index contributed by atoms with van der Waals surface area (Å²) in [5, 5.41) is 0. The van der Waals surface area contributed by atoms with Crippen molar-refractivity contribution in [2.45, 2.75) is 6.18 Å². The van der Waals surface area contributed by atoms with Crippen molar-refractivity contribution in [3.63, 3.8) is 0 Å². The van der Waals surface area contributed by atoms with E-state index >= 15 is 0 Å². The van der Waals surface area contributed by atoms with Gasteiger partial charge in [0.15, 0.2) is 0 Å². The number of imidazole rings is 1. The average molecular weight is 281 g/mol. The van der Waals surface area contributed by atoms with Crippen LogP contribution in [0.1, 0.15) is 5.56 Å². The average Bonchev–Trinajstić information content (AvgIpc) is 2.44. The Hall–Kier alpha value is -1.24. The fourth-order valence-electron chi connectivity index (χ4n) is 1.29. The first-order valence-electron chi connectivity index (χ1n) is 3.87. The molecule has 0 saturated carbocycles. The van der Waals surface area contributed by atoms with E-state index in [1.165, 1.54) is 6.07 Å². The smallest absolute Gasteiger partial charge is 0.306 e. The number of rotatable bonds is 0. The molecule has 0 amide bonds. The SMILES string of the molecule is O=c1[nH]c2ccc(C(F)(F)F)c(Br)c2[nH]1. The second-order valence-corrected chi connectivity index (χ2v) is 3.72. The maximum atomic E-state index is 12.5. The zero-order valence-electron chi connectivity index (χ0n) is 7.07. The number of fused-ring (bicyclic) bond motifs is 1. The van der Waals surface area contributed by atoms with E-state index in [1.807, 2.05) is 0 Å². The van der Waals surface area contributed by atoms with Gasteiger partial charge in [0.25, 0.3) is 0 Å². The quantitative estimate of drug-likeness (QED) is 0.766. The van der Waals surface area contributed by atoms with Gasteiger partial charge in [-0.05, 0) is 28.1 Å². The van der Waals surface area contributed by atoms with Gasteiger partial charge in [-0.25, -0.2) is 4.79 Å². The summed E-state index contributed by atoms with van der Waals surface area (Å²) in [7, 11) is 0. The summed E-state index contributed by atoms with van der Waals surface area (Å²) >= 11 is 2.82. The summed E-state index contributed by atoms with van der Waals surface area (Å²) in [5.41, 5.74) is -0.898. The van der Waals surface area contributed by atoms with Crippen LogP contribution < -0.4 is 5.69 Å². The lowest BCUT2D eigenvalue weighted by molar-refractivity contribution is -0.138. The lowest BCUT2D eigenvalue weighted by Crippen LogP contribution is -2.06.